The molecule has 4 N–H and O–H groups in total. The Balaban J connectivity index is 2.04. The molecular weight excluding hydrogens is 619 g/mol. The van der Waals surface area contributed by atoms with Gasteiger partial charge in [0.1, 0.15) is 23.9 Å². The third-order valence-corrected chi connectivity index (χ3v) is 8.24. The van der Waals surface area contributed by atoms with Gasteiger partial charge in [-0.15, -0.1) is 0 Å². The van der Waals surface area contributed by atoms with Crippen LogP contribution < -0.4 is 25.8 Å². The predicted molar refractivity (Wildman–Crippen MR) is 185 cm³/mol. The van der Waals surface area contributed by atoms with Crippen LogP contribution in [0.3, 0.4) is 0 Å². The molecule has 0 aliphatic rings. The van der Waals surface area contributed by atoms with E-state index >= 15 is 0 Å². The average molecular weight is 673 g/mol. The molecule has 4 amide bonds. The minimum absolute atomic E-state index is 0.171. The second-order valence-electron chi connectivity index (χ2n) is 13.8. The first-order valence-corrected chi connectivity index (χ1v) is 17.1. The molecule has 0 saturated carbocycles. The van der Waals surface area contributed by atoms with E-state index in [0.717, 1.165) is 11.1 Å². The molecule has 0 saturated heterocycles. The van der Waals surface area contributed by atoms with Gasteiger partial charge in [-0.05, 0) is 84.1 Å². The molecule has 0 bridgehead atoms. The van der Waals surface area contributed by atoms with Crippen LogP contribution in [0.15, 0.2) is 54.6 Å². The van der Waals surface area contributed by atoms with Gasteiger partial charge in [-0.1, -0.05) is 56.3 Å². The van der Waals surface area contributed by atoms with Crippen LogP contribution >= 0.6 is 8.60 Å². The van der Waals surface area contributed by atoms with Crippen LogP contribution in [0.1, 0.15) is 80.4 Å². The van der Waals surface area contributed by atoms with Crippen LogP contribution in [0.5, 0.6) is 5.75 Å². The Morgan fingerprint density at radius 1 is 0.723 bits per heavy atom. The molecule has 2 aromatic carbocycles. The molecule has 3 atom stereocenters. The Bertz CT molecular complexity index is 1290. The Hall–Kier alpha value is -3.53. The van der Waals surface area contributed by atoms with Crippen LogP contribution in [0.4, 0.5) is 0 Å². The highest BCUT2D eigenvalue weighted by Crippen LogP contribution is 2.47. The zero-order valence-corrected chi connectivity index (χ0v) is 30.3. The number of carbonyl (C=O) groups is 4. The predicted octanol–water partition coefficient (Wildman–Crippen LogP) is 4.97. The Kier molecular flexibility index (Phi) is 15.3. The van der Waals surface area contributed by atoms with Crippen LogP contribution in [0.2, 0.25) is 0 Å². The van der Waals surface area contributed by atoms with Crippen molar-refractivity contribution < 1.29 is 32.7 Å². The van der Waals surface area contributed by atoms with Gasteiger partial charge in [-0.25, -0.2) is 0 Å². The van der Waals surface area contributed by atoms with Crippen molar-refractivity contribution in [3.63, 3.8) is 0 Å². The number of benzene rings is 2. The lowest BCUT2D eigenvalue weighted by atomic mass is 10.0. The van der Waals surface area contributed by atoms with Crippen molar-refractivity contribution >= 4 is 32.2 Å². The SMILES string of the molecule is CC(=O)N[C@@H](Cc1ccc(OP(OC(C)(C)C)OC(C)(C)C)cc1)C(=O)N[C@H](C(=O)N[C@@H](C)C(=O)NCCc1ccccc1)C(C)C. The maximum absolute atomic E-state index is 13.4. The van der Waals surface area contributed by atoms with E-state index in [1.165, 1.54) is 6.92 Å². The highest BCUT2D eigenvalue weighted by atomic mass is 31.2. The molecule has 0 fully saturated rings. The standard InChI is InChI=1S/C35H53N4O7P/c1-23(2)30(33(43)37-24(3)31(41)36-21-20-26-14-12-11-13-15-26)39-32(42)29(38-25(4)40)22-27-16-18-28(19-17-27)44-47(45-34(5,6)7)46-35(8,9)10/h11-19,23-24,29-30H,20-22H2,1-10H3,(H,36,41)(H,37,43)(H,38,40)(H,39,42)/t24-,29-,30-/m0/s1. The van der Waals surface area contributed by atoms with E-state index in [-0.39, 0.29) is 24.2 Å². The number of amides is 4. The molecule has 12 heteroatoms. The van der Waals surface area contributed by atoms with Gasteiger partial charge >= 0.3 is 8.60 Å². The fourth-order valence-corrected chi connectivity index (χ4v) is 5.55. The number of carbonyl (C=O) groups excluding carboxylic acids is 4. The quantitative estimate of drug-likeness (QED) is 0.184. The Morgan fingerprint density at radius 3 is 1.81 bits per heavy atom. The van der Waals surface area contributed by atoms with E-state index in [2.05, 4.69) is 21.3 Å². The summed E-state index contributed by atoms with van der Waals surface area (Å²) in [6.45, 7) is 18.5. The van der Waals surface area contributed by atoms with Crippen molar-refractivity contribution in [1.29, 1.82) is 0 Å². The molecule has 0 aromatic heterocycles. The van der Waals surface area contributed by atoms with Gasteiger partial charge in [0.15, 0.2) is 0 Å². The van der Waals surface area contributed by atoms with E-state index in [0.29, 0.717) is 18.7 Å². The Morgan fingerprint density at radius 2 is 1.30 bits per heavy atom. The molecule has 11 nitrogen and oxygen atoms in total. The molecule has 47 heavy (non-hydrogen) atoms. The molecular formula is C35H53N4O7P. The first kappa shape index (κ1) is 39.6. The molecule has 2 rings (SSSR count). The van der Waals surface area contributed by atoms with Crippen molar-refractivity contribution in [2.24, 2.45) is 5.92 Å². The van der Waals surface area contributed by atoms with E-state index in [4.69, 9.17) is 13.6 Å². The van der Waals surface area contributed by atoms with Crippen LogP contribution in [-0.4, -0.2) is 59.5 Å². The summed E-state index contributed by atoms with van der Waals surface area (Å²) < 4.78 is 18.0. The van der Waals surface area contributed by atoms with E-state index < -0.39 is 49.7 Å². The summed E-state index contributed by atoms with van der Waals surface area (Å²) in [6, 6.07) is 14.2. The van der Waals surface area contributed by atoms with Gasteiger partial charge in [0.25, 0.3) is 0 Å². The zero-order chi connectivity index (χ0) is 35.4. The summed E-state index contributed by atoms with van der Waals surface area (Å²) in [5.41, 5.74) is 0.896. The van der Waals surface area contributed by atoms with Crippen LogP contribution in [0, 0.1) is 5.92 Å². The summed E-state index contributed by atoms with van der Waals surface area (Å²) in [4.78, 5) is 51.3. The maximum Gasteiger partial charge on any atom is 0.398 e. The summed E-state index contributed by atoms with van der Waals surface area (Å²) in [7, 11) is -1.69. The maximum atomic E-state index is 13.4. The van der Waals surface area contributed by atoms with Gasteiger partial charge in [0.2, 0.25) is 23.6 Å². The first-order valence-electron chi connectivity index (χ1n) is 16.0. The van der Waals surface area contributed by atoms with Crippen molar-refractivity contribution in [2.75, 3.05) is 6.54 Å². The Labute approximate surface area is 281 Å². The number of rotatable bonds is 16. The second kappa shape index (κ2) is 18.1. The van der Waals surface area contributed by atoms with Gasteiger partial charge in [-0.2, -0.15) is 0 Å². The molecule has 0 aliphatic carbocycles. The smallest absolute Gasteiger partial charge is 0.398 e. The molecule has 2 aromatic rings. The largest absolute Gasteiger partial charge is 0.427 e. The number of hydrogen-bond donors (Lipinski definition) is 4. The summed E-state index contributed by atoms with van der Waals surface area (Å²) in [5, 5.41) is 11.0. The van der Waals surface area contributed by atoms with E-state index in [1.54, 1.807) is 45.0 Å². The van der Waals surface area contributed by atoms with Gasteiger partial charge < -0.3 is 25.8 Å². The lowest BCUT2D eigenvalue weighted by Crippen LogP contribution is -2.58. The fourth-order valence-electron chi connectivity index (χ4n) is 4.25. The molecule has 0 heterocycles. The second-order valence-corrected chi connectivity index (χ2v) is 14.8. The average Bonchev–Trinajstić information content (AvgIpc) is 2.94. The molecule has 0 aliphatic heterocycles. The summed E-state index contributed by atoms with van der Waals surface area (Å²) in [5.74, 6) is -1.48. The van der Waals surface area contributed by atoms with Crippen molar-refractivity contribution in [3.05, 3.63) is 65.7 Å². The van der Waals surface area contributed by atoms with Crippen molar-refractivity contribution in [3.8, 4) is 5.75 Å². The molecule has 0 radical (unpaired) electrons. The topological polar surface area (TPSA) is 144 Å². The van der Waals surface area contributed by atoms with Crippen molar-refractivity contribution in [2.45, 2.75) is 111 Å². The number of hydrogen-bond acceptors (Lipinski definition) is 7. The monoisotopic (exact) mass is 672 g/mol. The van der Waals surface area contributed by atoms with Crippen LogP contribution in [0.25, 0.3) is 0 Å². The first-order chi connectivity index (χ1) is 21.8. The molecule has 260 valence electrons. The zero-order valence-electron chi connectivity index (χ0n) is 29.4. The molecule has 0 spiro atoms. The van der Waals surface area contributed by atoms with Gasteiger partial charge in [-0.3, -0.25) is 28.2 Å². The lowest BCUT2D eigenvalue weighted by Gasteiger charge is -2.30. The highest BCUT2D eigenvalue weighted by Gasteiger charge is 2.31. The summed E-state index contributed by atoms with van der Waals surface area (Å²) >= 11 is 0. The third kappa shape index (κ3) is 15.7. The minimum atomic E-state index is -1.69. The normalized spacial score (nSPS) is 13.8. The van der Waals surface area contributed by atoms with E-state index in [1.807, 2.05) is 71.9 Å². The third-order valence-electron chi connectivity index (χ3n) is 6.49. The van der Waals surface area contributed by atoms with Gasteiger partial charge in [0, 0.05) is 19.9 Å². The van der Waals surface area contributed by atoms with Crippen LogP contribution in [-0.2, 0) is 41.1 Å². The van der Waals surface area contributed by atoms with E-state index in [9.17, 15) is 19.2 Å². The number of nitrogens with one attached hydrogen (secondary N) is 4. The minimum Gasteiger partial charge on any atom is -0.427 e. The fraction of sp³-hybridized carbons (Fsp3) is 0.543. The molecule has 0 unspecified atom stereocenters. The lowest BCUT2D eigenvalue weighted by molar-refractivity contribution is -0.134. The van der Waals surface area contributed by atoms with Crippen molar-refractivity contribution in [1.82, 2.24) is 21.3 Å². The van der Waals surface area contributed by atoms with Gasteiger partial charge in [0.05, 0.1) is 11.2 Å². The highest BCUT2D eigenvalue weighted by molar-refractivity contribution is 7.42. The summed E-state index contributed by atoms with van der Waals surface area (Å²) in [6.07, 6.45) is 0.834.